The van der Waals surface area contributed by atoms with Gasteiger partial charge in [-0.15, -0.1) is 0 Å². The number of furan rings is 1. The Morgan fingerprint density at radius 2 is 0.691 bits per heavy atom. The van der Waals surface area contributed by atoms with E-state index in [0.717, 1.165) is 72.0 Å². The normalized spacial score (nSPS) is 11.3. The molecule has 258 valence electrons. The number of hydrogen-bond acceptors (Lipinski definition) is 4. The monoisotopic (exact) mass is 703 g/mol. The summed E-state index contributed by atoms with van der Waals surface area (Å²) in [6.45, 7) is 0. The predicted octanol–water partition coefficient (Wildman–Crippen LogP) is 13.4. The SMILES string of the molecule is c1ccc(-c2ccc(-c3nc(-c4ccccc4)nc(-c4cccc(-c5cccc6c5oc5c(-c7ccccc7)cc(-c7ccccc7)cc56)c4)n3)cc2)cc1. The molecule has 4 heteroatoms. The number of hydrogen-bond donors (Lipinski definition) is 0. The van der Waals surface area contributed by atoms with Crippen LogP contribution in [0.2, 0.25) is 0 Å². The molecule has 0 aliphatic rings. The van der Waals surface area contributed by atoms with Crippen LogP contribution in [0.25, 0.3) is 101 Å². The summed E-state index contributed by atoms with van der Waals surface area (Å²) in [7, 11) is 0. The minimum atomic E-state index is 0.605. The third-order valence-corrected chi connectivity index (χ3v) is 10.1. The molecule has 0 fully saturated rings. The Bertz CT molecular complexity index is 2940. The summed E-state index contributed by atoms with van der Waals surface area (Å²) in [4.78, 5) is 15.1. The van der Waals surface area contributed by atoms with Crippen molar-refractivity contribution in [3.05, 3.63) is 200 Å². The molecule has 8 aromatic carbocycles. The average molecular weight is 704 g/mol. The van der Waals surface area contributed by atoms with Gasteiger partial charge in [-0.3, -0.25) is 0 Å². The van der Waals surface area contributed by atoms with Gasteiger partial charge >= 0.3 is 0 Å². The molecule has 0 unspecified atom stereocenters. The van der Waals surface area contributed by atoms with Crippen LogP contribution in [0, 0.1) is 0 Å². The lowest BCUT2D eigenvalue weighted by atomic mass is 9.95. The highest BCUT2D eigenvalue weighted by Gasteiger charge is 2.19. The van der Waals surface area contributed by atoms with Gasteiger partial charge in [0.05, 0.1) is 0 Å². The molecule has 10 aromatic rings. The first-order valence-electron chi connectivity index (χ1n) is 18.4. The van der Waals surface area contributed by atoms with Gasteiger partial charge < -0.3 is 4.42 Å². The third-order valence-electron chi connectivity index (χ3n) is 10.1. The number of benzene rings is 8. The third kappa shape index (κ3) is 6.16. The Balaban J connectivity index is 1.11. The van der Waals surface area contributed by atoms with Gasteiger partial charge in [-0.1, -0.05) is 182 Å². The van der Waals surface area contributed by atoms with Crippen molar-refractivity contribution < 1.29 is 4.42 Å². The van der Waals surface area contributed by atoms with Crippen LogP contribution in [0.15, 0.2) is 205 Å². The Hall–Kier alpha value is -7.43. The molecule has 0 amide bonds. The minimum absolute atomic E-state index is 0.605. The zero-order chi connectivity index (χ0) is 36.6. The van der Waals surface area contributed by atoms with E-state index in [1.807, 2.05) is 42.5 Å². The fraction of sp³-hybridized carbons (Fsp3) is 0. The summed E-state index contributed by atoms with van der Waals surface area (Å²) in [6, 6.07) is 69.2. The van der Waals surface area contributed by atoms with Gasteiger partial charge in [-0.2, -0.15) is 0 Å². The van der Waals surface area contributed by atoms with E-state index in [1.165, 1.54) is 11.1 Å². The number of para-hydroxylation sites is 1. The Kier molecular flexibility index (Phi) is 8.12. The molecule has 10 rings (SSSR count). The van der Waals surface area contributed by atoms with Gasteiger partial charge in [0.1, 0.15) is 11.2 Å². The molecule has 0 aliphatic carbocycles. The number of aromatic nitrogens is 3. The highest BCUT2D eigenvalue weighted by atomic mass is 16.3. The van der Waals surface area contributed by atoms with Crippen LogP contribution in [0.1, 0.15) is 0 Å². The van der Waals surface area contributed by atoms with Gasteiger partial charge in [0.2, 0.25) is 0 Å². The van der Waals surface area contributed by atoms with Crippen molar-refractivity contribution in [1.29, 1.82) is 0 Å². The summed E-state index contributed by atoms with van der Waals surface area (Å²) < 4.78 is 6.91. The molecule has 2 heterocycles. The van der Waals surface area contributed by atoms with Crippen molar-refractivity contribution in [2.75, 3.05) is 0 Å². The maximum atomic E-state index is 6.91. The van der Waals surface area contributed by atoms with E-state index in [0.29, 0.717) is 17.5 Å². The molecule has 0 atom stereocenters. The zero-order valence-electron chi connectivity index (χ0n) is 29.8. The fourth-order valence-electron chi connectivity index (χ4n) is 7.38. The van der Waals surface area contributed by atoms with Crippen molar-refractivity contribution in [3.63, 3.8) is 0 Å². The first-order chi connectivity index (χ1) is 27.2. The maximum absolute atomic E-state index is 6.91. The zero-order valence-corrected chi connectivity index (χ0v) is 29.8. The van der Waals surface area contributed by atoms with Crippen molar-refractivity contribution in [1.82, 2.24) is 15.0 Å². The molecule has 0 bridgehead atoms. The van der Waals surface area contributed by atoms with Gasteiger partial charge in [0, 0.05) is 38.6 Å². The van der Waals surface area contributed by atoms with Crippen LogP contribution < -0.4 is 0 Å². The second-order valence-electron chi connectivity index (χ2n) is 13.6. The van der Waals surface area contributed by atoms with Crippen molar-refractivity contribution in [2.45, 2.75) is 0 Å². The number of fused-ring (bicyclic) bond motifs is 3. The van der Waals surface area contributed by atoms with E-state index < -0.39 is 0 Å². The molecular formula is C51H33N3O. The molecule has 4 nitrogen and oxygen atoms in total. The lowest BCUT2D eigenvalue weighted by Crippen LogP contribution is -2.00. The van der Waals surface area contributed by atoms with Gasteiger partial charge in [-0.05, 0) is 51.6 Å². The first-order valence-corrected chi connectivity index (χ1v) is 18.4. The van der Waals surface area contributed by atoms with E-state index in [9.17, 15) is 0 Å². The van der Waals surface area contributed by atoms with E-state index >= 15 is 0 Å². The molecule has 0 N–H and O–H groups in total. The number of rotatable bonds is 7. The van der Waals surface area contributed by atoms with E-state index in [-0.39, 0.29) is 0 Å². The molecule has 0 saturated heterocycles. The molecule has 0 aliphatic heterocycles. The van der Waals surface area contributed by atoms with Crippen LogP contribution in [0.5, 0.6) is 0 Å². The Labute approximate surface area is 319 Å². The first kappa shape index (κ1) is 32.2. The Morgan fingerprint density at radius 1 is 0.255 bits per heavy atom. The maximum Gasteiger partial charge on any atom is 0.164 e. The molecule has 2 aromatic heterocycles. The minimum Gasteiger partial charge on any atom is -0.455 e. The average Bonchev–Trinajstić information content (AvgIpc) is 3.66. The molecule has 0 spiro atoms. The summed E-state index contributed by atoms with van der Waals surface area (Å²) >= 11 is 0. The van der Waals surface area contributed by atoms with Gasteiger partial charge in [0.25, 0.3) is 0 Å². The summed E-state index contributed by atoms with van der Waals surface area (Å²) in [5.41, 5.74) is 13.3. The van der Waals surface area contributed by atoms with Crippen LogP contribution >= 0.6 is 0 Å². The molecule has 55 heavy (non-hydrogen) atoms. The van der Waals surface area contributed by atoms with Crippen LogP contribution in [0.3, 0.4) is 0 Å². The molecule has 0 saturated carbocycles. The predicted molar refractivity (Wildman–Crippen MR) is 225 cm³/mol. The van der Waals surface area contributed by atoms with Crippen LogP contribution in [0.4, 0.5) is 0 Å². The quantitative estimate of drug-likeness (QED) is 0.166. The summed E-state index contributed by atoms with van der Waals surface area (Å²) in [5, 5.41) is 2.15. The van der Waals surface area contributed by atoms with E-state index in [1.54, 1.807) is 0 Å². The highest BCUT2D eigenvalue weighted by molar-refractivity contribution is 6.14. The second-order valence-corrected chi connectivity index (χ2v) is 13.6. The fourth-order valence-corrected chi connectivity index (χ4v) is 7.38. The van der Waals surface area contributed by atoms with Crippen LogP contribution in [-0.4, -0.2) is 15.0 Å². The Morgan fingerprint density at radius 3 is 1.33 bits per heavy atom. The smallest absolute Gasteiger partial charge is 0.164 e. The van der Waals surface area contributed by atoms with Crippen molar-refractivity contribution in [3.8, 4) is 78.7 Å². The highest BCUT2D eigenvalue weighted by Crippen LogP contribution is 2.43. The molecule has 0 radical (unpaired) electrons. The molecular weight excluding hydrogens is 671 g/mol. The van der Waals surface area contributed by atoms with E-state index in [2.05, 4.69) is 158 Å². The van der Waals surface area contributed by atoms with Gasteiger partial charge in [0.15, 0.2) is 17.5 Å². The number of nitrogens with zero attached hydrogens (tertiary/aromatic N) is 3. The topological polar surface area (TPSA) is 51.8 Å². The summed E-state index contributed by atoms with van der Waals surface area (Å²) in [6.07, 6.45) is 0. The lowest BCUT2D eigenvalue weighted by Gasteiger charge is -2.10. The van der Waals surface area contributed by atoms with Crippen LogP contribution in [-0.2, 0) is 0 Å². The van der Waals surface area contributed by atoms with E-state index in [4.69, 9.17) is 19.4 Å². The van der Waals surface area contributed by atoms with Gasteiger partial charge in [-0.25, -0.2) is 15.0 Å². The largest absolute Gasteiger partial charge is 0.455 e. The van der Waals surface area contributed by atoms with Crippen molar-refractivity contribution in [2.24, 2.45) is 0 Å². The van der Waals surface area contributed by atoms with Crippen molar-refractivity contribution >= 4 is 21.9 Å². The lowest BCUT2D eigenvalue weighted by molar-refractivity contribution is 0.671. The second kappa shape index (κ2) is 13.8. The summed E-state index contributed by atoms with van der Waals surface area (Å²) in [5.74, 6) is 1.85. The standard InChI is InChI=1S/C51H33N3O/c1-5-15-34(16-6-1)36-27-29-39(30-28-36)50-52-49(38-21-11-4-12-22-38)53-51(54-50)41-24-13-23-40(31-41)43-25-14-26-44-46-33-42(35-17-7-2-8-18-35)32-45(48(46)55-47(43)44)37-19-9-3-10-20-37/h1-33H.